The summed E-state index contributed by atoms with van der Waals surface area (Å²) in [5.74, 6) is -1.20. The number of benzene rings is 1. The summed E-state index contributed by atoms with van der Waals surface area (Å²) in [7, 11) is -3.81. The Morgan fingerprint density at radius 3 is 2.11 bits per heavy atom. The molecule has 2 aliphatic rings. The molecule has 102 valence electrons. The van der Waals surface area contributed by atoms with Crippen LogP contribution in [0.3, 0.4) is 0 Å². The number of rotatable bonds is 3. The van der Waals surface area contributed by atoms with Crippen LogP contribution in [-0.4, -0.2) is 24.2 Å². The van der Waals surface area contributed by atoms with Gasteiger partial charge in [-0.25, -0.2) is 8.42 Å². The van der Waals surface area contributed by atoms with Gasteiger partial charge in [0, 0.05) is 0 Å². The molecule has 0 aromatic heterocycles. The van der Waals surface area contributed by atoms with E-state index in [9.17, 15) is 18.3 Å². The maximum atomic E-state index is 12.6. The number of carboxylic acids is 1. The molecule has 0 saturated heterocycles. The molecule has 1 aromatic rings. The molecule has 0 atom stereocenters. The molecule has 2 fully saturated rings. The number of aliphatic carboxylic acids is 1. The number of sulfone groups is 1. The highest BCUT2D eigenvalue weighted by Gasteiger charge is 2.70. The zero-order chi connectivity index (χ0) is 13.9. The SMILES string of the molecule is Cc1ccc(S(=O)(=O)C2(C(=O)O)CC3(CC3)C2)cc1. The minimum absolute atomic E-state index is 0.0101. The molecular weight excluding hydrogens is 264 g/mol. The summed E-state index contributed by atoms with van der Waals surface area (Å²) in [4.78, 5) is 11.6. The second-order valence-electron chi connectivity index (χ2n) is 5.97. The van der Waals surface area contributed by atoms with Crippen molar-refractivity contribution < 1.29 is 18.3 Å². The maximum Gasteiger partial charge on any atom is 0.325 e. The first-order valence-electron chi connectivity index (χ1n) is 6.36. The van der Waals surface area contributed by atoms with Crippen molar-refractivity contribution in [2.24, 2.45) is 5.41 Å². The third kappa shape index (κ3) is 1.64. The molecule has 0 bridgehead atoms. The normalized spacial score (nSPS) is 22.8. The molecule has 1 N–H and O–H groups in total. The lowest BCUT2D eigenvalue weighted by molar-refractivity contribution is -0.144. The van der Waals surface area contributed by atoms with Gasteiger partial charge < -0.3 is 5.11 Å². The van der Waals surface area contributed by atoms with Gasteiger partial charge in [-0.15, -0.1) is 0 Å². The fourth-order valence-corrected chi connectivity index (χ4v) is 5.26. The monoisotopic (exact) mass is 280 g/mol. The molecule has 3 rings (SSSR count). The van der Waals surface area contributed by atoms with Gasteiger partial charge in [-0.3, -0.25) is 4.79 Å². The topological polar surface area (TPSA) is 71.4 Å². The van der Waals surface area contributed by atoms with E-state index in [1.807, 2.05) is 6.92 Å². The molecule has 2 aliphatic carbocycles. The van der Waals surface area contributed by atoms with E-state index >= 15 is 0 Å². The fraction of sp³-hybridized carbons (Fsp3) is 0.500. The molecular formula is C14H16O4S. The Hall–Kier alpha value is -1.36. The van der Waals surface area contributed by atoms with Crippen molar-refractivity contribution in [1.29, 1.82) is 0 Å². The summed E-state index contributed by atoms with van der Waals surface area (Å²) < 4.78 is 23.6. The number of hydrogen-bond donors (Lipinski definition) is 1. The Bertz CT molecular complexity index is 631. The lowest BCUT2D eigenvalue weighted by atomic mass is 9.71. The highest BCUT2D eigenvalue weighted by Crippen LogP contribution is 2.67. The van der Waals surface area contributed by atoms with Crippen molar-refractivity contribution in [2.75, 3.05) is 0 Å². The Labute approximate surface area is 112 Å². The molecule has 0 unspecified atom stereocenters. The summed E-state index contributed by atoms with van der Waals surface area (Å²) in [6, 6.07) is 6.42. The maximum absolute atomic E-state index is 12.6. The van der Waals surface area contributed by atoms with Crippen molar-refractivity contribution >= 4 is 15.8 Å². The van der Waals surface area contributed by atoms with Crippen LogP contribution in [0.15, 0.2) is 29.2 Å². The van der Waals surface area contributed by atoms with Gasteiger partial charge in [0.25, 0.3) is 0 Å². The number of aryl methyl sites for hydroxylation is 1. The quantitative estimate of drug-likeness (QED) is 0.921. The summed E-state index contributed by atoms with van der Waals surface area (Å²) in [6.07, 6.45) is 2.47. The van der Waals surface area contributed by atoms with Gasteiger partial charge >= 0.3 is 5.97 Å². The van der Waals surface area contributed by atoms with E-state index in [0.717, 1.165) is 18.4 Å². The van der Waals surface area contributed by atoms with Crippen LogP contribution in [0.5, 0.6) is 0 Å². The van der Waals surface area contributed by atoms with Gasteiger partial charge in [0.05, 0.1) is 4.90 Å². The van der Waals surface area contributed by atoms with Crippen molar-refractivity contribution in [3.8, 4) is 0 Å². The third-order valence-corrected chi connectivity index (χ3v) is 6.90. The molecule has 0 aliphatic heterocycles. The summed E-state index contributed by atoms with van der Waals surface area (Å²) in [5.41, 5.74) is 0.964. The number of carboxylic acid groups (broad SMARTS) is 1. The second-order valence-corrected chi connectivity index (χ2v) is 8.23. The number of hydrogen-bond acceptors (Lipinski definition) is 3. The minimum atomic E-state index is -3.81. The summed E-state index contributed by atoms with van der Waals surface area (Å²) >= 11 is 0. The van der Waals surface area contributed by atoms with Crippen LogP contribution in [0.1, 0.15) is 31.2 Å². The lowest BCUT2D eigenvalue weighted by Crippen LogP contribution is -2.57. The highest BCUT2D eigenvalue weighted by molar-refractivity contribution is 7.93. The van der Waals surface area contributed by atoms with E-state index in [4.69, 9.17) is 0 Å². The van der Waals surface area contributed by atoms with Crippen molar-refractivity contribution in [3.63, 3.8) is 0 Å². The van der Waals surface area contributed by atoms with Gasteiger partial charge in [-0.1, -0.05) is 17.7 Å². The Kier molecular flexibility index (Phi) is 2.40. The highest BCUT2D eigenvalue weighted by atomic mass is 32.2. The predicted molar refractivity (Wildman–Crippen MR) is 69.6 cm³/mol. The molecule has 1 aromatic carbocycles. The molecule has 2 saturated carbocycles. The van der Waals surface area contributed by atoms with Crippen molar-refractivity contribution in [1.82, 2.24) is 0 Å². The molecule has 0 amide bonds. The van der Waals surface area contributed by atoms with E-state index < -0.39 is 20.6 Å². The molecule has 1 spiro atoms. The van der Waals surface area contributed by atoms with Gasteiger partial charge in [0.1, 0.15) is 0 Å². The number of carbonyl (C=O) groups is 1. The van der Waals surface area contributed by atoms with Gasteiger partial charge in [0.15, 0.2) is 14.6 Å². The zero-order valence-corrected chi connectivity index (χ0v) is 11.5. The molecule has 0 heterocycles. The van der Waals surface area contributed by atoms with Crippen LogP contribution in [-0.2, 0) is 14.6 Å². The predicted octanol–water partition coefficient (Wildman–Crippen LogP) is 2.17. The molecule has 19 heavy (non-hydrogen) atoms. The van der Waals surface area contributed by atoms with Crippen LogP contribution < -0.4 is 0 Å². The van der Waals surface area contributed by atoms with E-state index in [1.54, 1.807) is 12.1 Å². The van der Waals surface area contributed by atoms with Crippen LogP contribution in [0.4, 0.5) is 0 Å². The van der Waals surface area contributed by atoms with Crippen LogP contribution in [0, 0.1) is 12.3 Å². The Morgan fingerprint density at radius 2 is 1.68 bits per heavy atom. The smallest absolute Gasteiger partial charge is 0.325 e. The Balaban J connectivity index is 2.03. The van der Waals surface area contributed by atoms with Crippen LogP contribution in [0.2, 0.25) is 0 Å². The van der Waals surface area contributed by atoms with Crippen molar-refractivity contribution in [2.45, 2.75) is 42.2 Å². The van der Waals surface area contributed by atoms with E-state index in [2.05, 4.69) is 0 Å². The average molecular weight is 280 g/mol. The molecule has 4 nitrogen and oxygen atoms in total. The standard InChI is InChI=1S/C14H16O4S/c1-10-2-4-11(5-3-10)19(17,18)14(12(15)16)8-13(9-14)6-7-13/h2-5H,6-9H2,1H3,(H,15,16). The first kappa shape index (κ1) is 12.7. The summed E-state index contributed by atoms with van der Waals surface area (Å²) in [6.45, 7) is 1.87. The third-order valence-electron chi connectivity index (χ3n) is 4.51. The van der Waals surface area contributed by atoms with Gasteiger partial charge in [0.2, 0.25) is 0 Å². The zero-order valence-electron chi connectivity index (χ0n) is 10.7. The van der Waals surface area contributed by atoms with Crippen LogP contribution >= 0.6 is 0 Å². The first-order valence-corrected chi connectivity index (χ1v) is 7.85. The second kappa shape index (κ2) is 3.60. The molecule has 5 heteroatoms. The lowest BCUT2D eigenvalue weighted by Gasteiger charge is -2.44. The van der Waals surface area contributed by atoms with Gasteiger partial charge in [-0.05, 0) is 50.2 Å². The first-order chi connectivity index (χ1) is 8.81. The minimum Gasteiger partial charge on any atom is -0.480 e. The largest absolute Gasteiger partial charge is 0.480 e. The summed E-state index contributed by atoms with van der Waals surface area (Å²) in [5, 5.41) is 9.42. The fourth-order valence-electron chi connectivity index (χ4n) is 3.09. The Morgan fingerprint density at radius 1 is 1.16 bits per heavy atom. The van der Waals surface area contributed by atoms with E-state index in [1.165, 1.54) is 12.1 Å². The van der Waals surface area contributed by atoms with E-state index in [-0.39, 0.29) is 23.2 Å². The molecule has 0 radical (unpaired) electrons. The average Bonchev–Trinajstić information content (AvgIpc) is 3.06. The van der Waals surface area contributed by atoms with Crippen LogP contribution in [0.25, 0.3) is 0 Å². The van der Waals surface area contributed by atoms with Gasteiger partial charge in [-0.2, -0.15) is 0 Å². The van der Waals surface area contributed by atoms with Crippen molar-refractivity contribution in [3.05, 3.63) is 29.8 Å². The van der Waals surface area contributed by atoms with E-state index in [0.29, 0.717) is 0 Å².